The largest absolute Gasteiger partial charge is 0.309 e. The second kappa shape index (κ2) is 5.75. The molecule has 2 aromatic rings. The number of halogens is 3. The minimum absolute atomic E-state index is 0.145. The lowest BCUT2D eigenvalue weighted by molar-refractivity contribution is 0.611. The zero-order valence-corrected chi connectivity index (χ0v) is 11.9. The quantitative estimate of drug-likeness (QED) is 0.821. The number of rotatable bonds is 3. The Labute approximate surface area is 118 Å². The van der Waals surface area contributed by atoms with E-state index >= 15 is 0 Å². The van der Waals surface area contributed by atoms with Gasteiger partial charge in [0.15, 0.2) is 0 Å². The predicted octanol–water partition coefficient (Wildman–Crippen LogP) is 3.88. The summed E-state index contributed by atoms with van der Waals surface area (Å²) in [6.45, 7) is 0. The van der Waals surface area contributed by atoms with Crippen LogP contribution < -0.4 is 5.32 Å². The summed E-state index contributed by atoms with van der Waals surface area (Å²) in [5, 5.41) is 3.13. The first-order chi connectivity index (χ1) is 8.61. The van der Waals surface area contributed by atoms with E-state index in [4.69, 9.17) is 0 Å². The van der Waals surface area contributed by atoms with Gasteiger partial charge in [-0.15, -0.1) is 0 Å². The molecule has 0 aliphatic carbocycles. The molecule has 0 spiro atoms. The molecule has 0 saturated heterocycles. The normalized spacial score (nSPS) is 12.4. The van der Waals surface area contributed by atoms with Crippen molar-refractivity contribution in [2.45, 2.75) is 6.04 Å². The van der Waals surface area contributed by atoms with Gasteiger partial charge in [-0.3, -0.25) is 0 Å². The summed E-state index contributed by atoms with van der Waals surface area (Å²) in [7, 11) is 1.80. The predicted molar refractivity (Wildman–Crippen MR) is 76.4 cm³/mol. The van der Waals surface area contributed by atoms with E-state index in [0.717, 1.165) is 14.7 Å². The summed E-state index contributed by atoms with van der Waals surface area (Å²) in [5.74, 6) is -0.540. The van der Waals surface area contributed by atoms with E-state index < -0.39 is 0 Å². The zero-order chi connectivity index (χ0) is 13.1. The van der Waals surface area contributed by atoms with Crippen molar-refractivity contribution in [3.63, 3.8) is 0 Å². The Morgan fingerprint density at radius 1 is 1.06 bits per heavy atom. The molecule has 0 fully saturated rings. The van der Waals surface area contributed by atoms with E-state index in [2.05, 4.69) is 27.9 Å². The summed E-state index contributed by atoms with van der Waals surface area (Å²) in [4.78, 5) is 0. The van der Waals surface area contributed by atoms with Gasteiger partial charge in [-0.2, -0.15) is 0 Å². The van der Waals surface area contributed by atoms with Crippen LogP contribution >= 0.6 is 22.6 Å². The van der Waals surface area contributed by atoms with Gasteiger partial charge < -0.3 is 5.32 Å². The maximum absolute atomic E-state index is 13.3. The fourth-order valence-electron chi connectivity index (χ4n) is 1.92. The SMILES string of the molecule is CNC(c1cccc(F)c1)c1ccc(F)cc1I. The Kier molecular flexibility index (Phi) is 4.29. The maximum Gasteiger partial charge on any atom is 0.124 e. The first kappa shape index (κ1) is 13.4. The van der Waals surface area contributed by atoms with Crippen LogP contribution in [0.1, 0.15) is 17.2 Å². The van der Waals surface area contributed by atoms with Crippen molar-refractivity contribution < 1.29 is 8.78 Å². The molecule has 2 rings (SSSR count). The van der Waals surface area contributed by atoms with E-state index in [1.165, 1.54) is 24.3 Å². The van der Waals surface area contributed by atoms with Crippen LogP contribution in [0.25, 0.3) is 0 Å². The average Bonchev–Trinajstić information content (AvgIpc) is 2.33. The minimum atomic E-state index is -0.273. The van der Waals surface area contributed by atoms with E-state index in [9.17, 15) is 8.78 Å². The lowest BCUT2D eigenvalue weighted by Gasteiger charge is -2.18. The molecule has 4 heteroatoms. The van der Waals surface area contributed by atoms with Crippen molar-refractivity contribution in [3.8, 4) is 0 Å². The lowest BCUT2D eigenvalue weighted by Crippen LogP contribution is -2.19. The van der Waals surface area contributed by atoms with Crippen LogP contribution in [0.15, 0.2) is 42.5 Å². The van der Waals surface area contributed by atoms with Gasteiger partial charge in [0.25, 0.3) is 0 Å². The topological polar surface area (TPSA) is 12.0 Å². The van der Waals surface area contributed by atoms with Gasteiger partial charge >= 0.3 is 0 Å². The summed E-state index contributed by atoms with van der Waals surface area (Å²) in [5.41, 5.74) is 1.76. The average molecular weight is 359 g/mol. The highest BCUT2D eigenvalue weighted by atomic mass is 127. The van der Waals surface area contributed by atoms with E-state index in [1.54, 1.807) is 19.2 Å². The van der Waals surface area contributed by atoms with Crippen LogP contribution in [0.5, 0.6) is 0 Å². The first-order valence-corrected chi connectivity index (χ1v) is 6.57. The maximum atomic E-state index is 13.3. The molecule has 0 heterocycles. The highest BCUT2D eigenvalue weighted by Crippen LogP contribution is 2.26. The molecule has 0 bridgehead atoms. The lowest BCUT2D eigenvalue weighted by atomic mass is 9.99. The van der Waals surface area contributed by atoms with Crippen LogP contribution in [0.3, 0.4) is 0 Å². The Balaban J connectivity index is 2.45. The second-order valence-corrected chi connectivity index (χ2v) is 5.10. The second-order valence-electron chi connectivity index (χ2n) is 3.94. The van der Waals surface area contributed by atoms with Crippen molar-refractivity contribution in [1.82, 2.24) is 5.32 Å². The molecule has 0 radical (unpaired) electrons. The molecule has 1 atom stereocenters. The molecule has 1 unspecified atom stereocenters. The van der Waals surface area contributed by atoms with Crippen LogP contribution in [0.4, 0.5) is 8.78 Å². The van der Waals surface area contributed by atoms with E-state index in [-0.39, 0.29) is 17.7 Å². The summed E-state index contributed by atoms with van der Waals surface area (Å²) in [6.07, 6.45) is 0. The molecule has 2 aromatic carbocycles. The van der Waals surface area contributed by atoms with Gasteiger partial charge in [-0.1, -0.05) is 18.2 Å². The van der Waals surface area contributed by atoms with Gasteiger partial charge in [-0.05, 0) is 65.0 Å². The van der Waals surface area contributed by atoms with Crippen LogP contribution in [-0.4, -0.2) is 7.05 Å². The van der Waals surface area contributed by atoms with Crippen molar-refractivity contribution >= 4 is 22.6 Å². The molecule has 0 saturated carbocycles. The highest BCUT2D eigenvalue weighted by molar-refractivity contribution is 14.1. The first-order valence-electron chi connectivity index (χ1n) is 5.49. The van der Waals surface area contributed by atoms with E-state index in [0.29, 0.717) is 0 Å². The molecular formula is C14H12F2IN. The fraction of sp³-hybridized carbons (Fsp3) is 0.143. The van der Waals surface area contributed by atoms with Gasteiger partial charge in [-0.25, -0.2) is 8.78 Å². The van der Waals surface area contributed by atoms with Gasteiger partial charge in [0.1, 0.15) is 11.6 Å². The van der Waals surface area contributed by atoms with Crippen molar-refractivity contribution in [2.24, 2.45) is 0 Å². The van der Waals surface area contributed by atoms with Crippen LogP contribution in [-0.2, 0) is 0 Å². The Morgan fingerprint density at radius 3 is 2.39 bits per heavy atom. The molecule has 1 nitrogen and oxygen atoms in total. The van der Waals surface area contributed by atoms with Gasteiger partial charge in [0.05, 0.1) is 6.04 Å². The number of hydrogen-bond donors (Lipinski definition) is 1. The Bertz CT molecular complexity index is 557. The number of nitrogens with one attached hydrogen (secondary N) is 1. The molecule has 0 aliphatic rings. The molecule has 0 aromatic heterocycles. The Hall–Kier alpha value is -1.01. The molecular weight excluding hydrogens is 347 g/mol. The molecule has 0 aliphatic heterocycles. The summed E-state index contributed by atoms with van der Waals surface area (Å²) < 4.78 is 27.2. The molecule has 0 amide bonds. The third-order valence-electron chi connectivity index (χ3n) is 2.74. The van der Waals surface area contributed by atoms with Gasteiger partial charge in [0, 0.05) is 3.57 Å². The molecule has 1 N–H and O–H groups in total. The zero-order valence-electron chi connectivity index (χ0n) is 9.75. The number of benzene rings is 2. The Morgan fingerprint density at radius 2 is 1.78 bits per heavy atom. The fourth-order valence-corrected chi connectivity index (χ4v) is 2.71. The van der Waals surface area contributed by atoms with Crippen molar-refractivity contribution in [2.75, 3.05) is 7.05 Å². The third kappa shape index (κ3) is 2.87. The number of hydrogen-bond acceptors (Lipinski definition) is 1. The highest BCUT2D eigenvalue weighted by Gasteiger charge is 2.15. The summed E-state index contributed by atoms with van der Waals surface area (Å²) >= 11 is 2.09. The molecule has 94 valence electrons. The van der Waals surface area contributed by atoms with Gasteiger partial charge in [0.2, 0.25) is 0 Å². The van der Waals surface area contributed by atoms with Crippen LogP contribution in [0, 0.1) is 15.2 Å². The monoisotopic (exact) mass is 359 g/mol. The van der Waals surface area contributed by atoms with Crippen molar-refractivity contribution in [3.05, 3.63) is 68.8 Å². The standard InChI is InChI=1S/C14H12F2IN/c1-18-14(9-3-2-4-10(15)7-9)12-6-5-11(16)8-13(12)17/h2-8,14,18H,1H3. The van der Waals surface area contributed by atoms with E-state index in [1.807, 2.05) is 6.07 Å². The van der Waals surface area contributed by atoms with Crippen molar-refractivity contribution in [1.29, 1.82) is 0 Å². The summed E-state index contributed by atoms with van der Waals surface area (Å²) in [6, 6.07) is 10.9. The third-order valence-corrected chi connectivity index (χ3v) is 3.68. The van der Waals surface area contributed by atoms with Crippen LogP contribution in [0.2, 0.25) is 0 Å². The molecule has 18 heavy (non-hydrogen) atoms. The minimum Gasteiger partial charge on any atom is -0.309 e. The smallest absolute Gasteiger partial charge is 0.124 e.